The summed E-state index contributed by atoms with van der Waals surface area (Å²) in [5.41, 5.74) is 0.720. The second-order valence-electron chi connectivity index (χ2n) is 9.33. The monoisotopic (exact) mass is 444 g/mol. The number of unbranched alkanes of at least 4 members (excludes halogenated alkanes) is 2. The average molecular weight is 445 g/mol. The van der Waals surface area contributed by atoms with Crippen molar-refractivity contribution in [2.75, 3.05) is 32.8 Å². The summed E-state index contributed by atoms with van der Waals surface area (Å²) in [7, 11) is 0. The highest BCUT2D eigenvalue weighted by Gasteiger charge is 2.29. The van der Waals surface area contributed by atoms with E-state index in [1.54, 1.807) is 0 Å². The molecule has 2 aliphatic heterocycles. The van der Waals surface area contributed by atoms with Gasteiger partial charge in [-0.05, 0) is 69.3 Å². The van der Waals surface area contributed by atoms with Gasteiger partial charge in [-0.25, -0.2) is 0 Å². The first-order valence-corrected chi connectivity index (χ1v) is 12.2. The molecule has 2 atom stereocenters. The lowest BCUT2D eigenvalue weighted by Gasteiger charge is -2.29. The van der Waals surface area contributed by atoms with Crippen molar-refractivity contribution < 1.29 is 24.2 Å². The van der Waals surface area contributed by atoms with Crippen LogP contribution in [-0.4, -0.2) is 60.6 Å². The second-order valence-corrected chi connectivity index (χ2v) is 9.33. The minimum atomic E-state index is -0.827. The van der Waals surface area contributed by atoms with E-state index >= 15 is 0 Å². The van der Waals surface area contributed by atoms with Gasteiger partial charge in [0.1, 0.15) is 25.1 Å². The second kappa shape index (κ2) is 11.1. The number of likely N-dealkylation sites (tertiary alicyclic amines) is 1. The lowest BCUT2D eigenvalue weighted by atomic mass is 10.0. The fourth-order valence-electron chi connectivity index (χ4n) is 4.59. The number of amides is 1. The molecule has 32 heavy (non-hydrogen) atoms. The Morgan fingerprint density at radius 1 is 1.03 bits per heavy atom. The fraction of sp³-hybridized carbons (Fsp3) is 0.680. The number of ketones is 1. The topological polar surface area (TPSA) is 88.1 Å². The van der Waals surface area contributed by atoms with Crippen LogP contribution in [0.4, 0.5) is 0 Å². The maximum Gasteiger partial charge on any atom is 0.220 e. The van der Waals surface area contributed by atoms with Crippen LogP contribution in [0.2, 0.25) is 0 Å². The lowest BCUT2D eigenvalue weighted by molar-refractivity contribution is -0.123. The average Bonchev–Trinajstić information content (AvgIpc) is 3.54. The molecule has 1 aliphatic carbocycles. The number of carbonyl (C=O) groups excluding carboxylic acids is 2. The molecule has 1 aromatic rings. The van der Waals surface area contributed by atoms with Crippen LogP contribution in [0.15, 0.2) is 18.2 Å². The Bertz CT molecular complexity index is 789. The Labute approximate surface area is 190 Å². The van der Waals surface area contributed by atoms with E-state index in [4.69, 9.17) is 9.47 Å². The van der Waals surface area contributed by atoms with E-state index in [0.29, 0.717) is 55.8 Å². The number of rotatable bonds is 12. The van der Waals surface area contributed by atoms with Crippen molar-refractivity contribution >= 4 is 11.7 Å². The quantitative estimate of drug-likeness (QED) is 0.482. The number of ether oxygens (including phenoxy) is 2. The SMILES string of the molecule is O=C(CCCCCC(=O)C1CC1)N[C@H](CN1CCCC1)C(O)c1ccc2c(c1)OCCO2. The van der Waals surface area contributed by atoms with Crippen molar-refractivity contribution in [2.45, 2.75) is 69.9 Å². The van der Waals surface area contributed by atoms with Crippen LogP contribution < -0.4 is 14.8 Å². The van der Waals surface area contributed by atoms with Gasteiger partial charge in [0, 0.05) is 25.3 Å². The maximum absolute atomic E-state index is 12.7. The van der Waals surface area contributed by atoms with Crippen LogP contribution in [0.3, 0.4) is 0 Å². The predicted octanol–water partition coefficient (Wildman–Crippen LogP) is 3.00. The molecular weight excluding hydrogens is 408 g/mol. The van der Waals surface area contributed by atoms with Gasteiger partial charge in [-0.2, -0.15) is 0 Å². The third-order valence-corrected chi connectivity index (χ3v) is 6.65. The summed E-state index contributed by atoms with van der Waals surface area (Å²) >= 11 is 0. The van der Waals surface area contributed by atoms with Crippen LogP contribution in [0.1, 0.15) is 69.5 Å². The van der Waals surface area contributed by atoms with E-state index in [1.165, 1.54) is 0 Å². The van der Waals surface area contributed by atoms with Gasteiger partial charge in [0.15, 0.2) is 11.5 Å². The van der Waals surface area contributed by atoms with Crippen molar-refractivity contribution in [3.8, 4) is 11.5 Å². The summed E-state index contributed by atoms with van der Waals surface area (Å²) < 4.78 is 11.2. The molecule has 1 saturated heterocycles. The summed E-state index contributed by atoms with van der Waals surface area (Å²) in [5, 5.41) is 14.2. The van der Waals surface area contributed by atoms with E-state index < -0.39 is 6.10 Å². The van der Waals surface area contributed by atoms with Gasteiger partial charge >= 0.3 is 0 Å². The number of benzene rings is 1. The van der Waals surface area contributed by atoms with E-state index in [2.05, 4.69) is 10.2 Å². The molecule has 1 aromatic carbocycles. The first kappa shape index (κ1) is 23.1. The number of nitrogens with one attached hydrogen (secondary N) is 1. The molecule has 7 heteroatoms. The van der Waals surface area contributed by atoms with Gasteiger partial charge in [-0.15, -0.1) is 0 Å². The standard InChI is InChI=1S/C25H36N2O5/c28-21(18-8-9-18)6-2-1-3-7-24(29)26-20(17-27-12-4-5-13-27)25(30)19-10-11-22-23(16-19)32-15-14-31-22/h10-11,16,18,20,25,30H,1-9,12-15,17H2,(H,26,29)/t20-,25?/m1/s1. The zero-order valence-corrected chi connectivity index (χ0v) is 18.9. The molecule has 0 spiro atoms. The fourth-order valence-corrected chi connectivity index (χ4v) is 4.59. The number of nitrogens with zero attached hydrogens (tertiary/aromatic N) is 1. The van der Waals surface area contributed by atoms with Crippen molar-refractivity contribution in [3.05, 3.63) is 23.8 Å². The minimum absolute atomic E-state index is 0.0423. The summed E-state index contributed by atoms with van der Waals surface area (Å²) in [6, 6.07) is 5.10. The Kier molecular flexibility index (Phi) is 8.03. The normalized spacial score (nSPS) is 20.0. The zero-order valence-electron chi connectivity index (χ0n) is 18.9. The summed E-state index contributed by atoms with van der Waals surface area (Å²) in [6.45, 7) is 3.63. The van der Waals surface area contributed by atoms with Crippen LogP contribution in [-0.2, 0) is 9.59 Å². The highest BCUT2D eigenvalue weighted by Crippen LogP contribution is 2.34. The molecule has 1 unspecified atom stereocenters. The molecule has 1 amide bonds. The molecule has 2 heterocycles. The van der Waals surface area contributed by atoms with E-state index in [9.17, 15) is 14.7 Å². The van der Waals surface area contributed by atoms with Crippen molar-refractivity contribution in [1.29, 1.82) is 0 Å². The maximum atomic E-state index is 12.7. The molecule has 1 saturated carbocycles. The van der Waals surface area contributed by atoms with E-state index in [-0.39, 0.29) is 11.9 Å². The highest BCUT2D eigenvalue weighted by molar-refractivity contribution is 5.83. The van der Waals surface area contributed by atoms with Gasteiger partial charge in [0.25, 0.3) is 0 Å². The molecule has 0 radical (unpaired) electrons. The number of Topliss-reactive ketones (excluding diaryl/α,β-unsaturated/α-hetero) is 1. The molecule has 7 nitrogen and oxygen atoms in total. The predicted molar refractivity (Wildman–Crippen MR) is 121 cm³/mol. The Hall–Kier alpha value is -2.12. The lowest BCUT2D eigenvalue weighted by Crippen LogP contribution is -2.46. The minimum Gasteiger partial charge on any atom is -0.486 e. The Morgan fingerprint density at radius 2 is 1.75 bits per heavy atom. The first-order chi connectivity index (χ1) is 15.6. The number of aliphatic hydroxyl groups is 1. The number of hydrogen-bond donors (Lipinski definition) is 2. The third-order valence-electron chi connectivity index (χ3n) is 6.65. The molecule has 176 valence electrons. The van der Waals surface area contributed by atoms with Crippen molar-refractivity contribution in [2.24, 2.45) is 5.92 Å². The van der Waals surface area contributed by atoms with E-state index in [1.807, 2.05) is 18.2 Å². The summed E-state index contributed by atoms with van der Waals surface area (Å²) in [6.07, 6.45) is 7.17. The van der Waals surface area contributed by atoms with Crippen LogP contribution in [0.25, 0.3) is 0 Å². The van der Waals surface area contributed by atoms with Crippen LogP contribution in [0, 0.1) is 5.92 Å². The molecule has 3 aliphatic rings. The number of carbonyl (C=O) groups is 2. The molecule has 2 fully saturated rings. The summed E-state index contributed by atoms with van der Waals surface area (Å²) in [4.78, 5) is 26.7. The molecule has 2 N–H and O–H groups in total. The van der Waals surface area contributed by atoms with Gasteiger partial charge in [0.05, 0.1) is 6.04 Å². The highest BCUT2D eigenvalue weighted by atomic mass is 16.6. The molecule has 0 bridgehead atoms. The zero-order chi connectivity index (χ0) is 22.3. The summed E-state index contributed by atoms with van der Waals surface area (Å²) in [5.74, 6) is 2.00. The van der Waals surface area contributed by atoms with Crippen molar-refractivity contribution in [3.63, 3.8) is 0 Å². The number of aliphatic hydroxyl groups excluding tert-OH is 1. The smallest absolute Gasteiger partial charge is 0.220 e. The Morgan fingerprint density at radius 3 is 2.50 bits per heavy atom. The van der Waals surface area contributed by atoms with Gasteiger partial charge in [-0.3, -0.25) is 9.59 Å². The van der Waals surface area contributed by atoms with Gasteiger partial charge < -0.3 is 24.8 Å². The largest absolute Gasteiger partial charge is 0.486 e. The van der Waals surface area contributed by atoms with Gasteiger partial charge in [-0.1, -0.05) is 12.5 Å². The van der Waals surface area contributed by atoms with Crippen molar-refractivity contribution in [1.82, 2.24) is 10.2 Å². The number of fused-ring (bicyclic) bond motifs is 1. The third kappa shape index (κ3) is 6.45. The molecule has 4 rings (SSSR count). The molecule has 0 aromatic heterocycles. The van der Waals surface area contributed by atoms with Gasteiger partial charge in [0.2, 0.25) is 5.91 Å². The van der Waals surface area contributed by atoms with Crippen LogP contribution >= 0.6 is 0 Å². The molecular formula is C25H36N2O5. The first-order valence-electron chi connectivity index (χ1n) is 12.2. The van der Waals surface area contributed by atoms with Crippen LogP contribution in [0.5, 0.6) is 11.5 Å². The van der Waals surface area contributed by atoms with E-state index in [0.717, 1.165) is 63.6 Å². The Balaban J connectivity index is 1.30. The number of hydrogen-bond acceptors (Lipinski definition) is 6.